The number of rotatable bonds is 3. The average molecular weight is 452 g/mol. The zero-order chi connectivity index (χ0) is 23.1. The molecule has 0 N–H and O–H groups in total. The summed E-state index contributed by atoms with van der Waals surface area (Å²) < 4.78 is 44.8. The van der Waals surface area contributed by atoms with Gasteiger partial charge in [0.05, 0.1) is 23.0 Å². The quantitative estimate of drug-likeness (QED) is 0.657. The molecule has 4 rings (SSSR count). The number of pyridine rings is 1. The van der Waals surface area contributed by atoms with Crippen molar-refractivity contribution in [3.05, 3.63) is 35.2 Å². The number of piperidine rings is 1. The molecular formula is C22H27F3N4O3. The fraction of sp³-hybridized carbons (Fsp3) is 0.591. The third-order valence-electron chi connectivity index (χ3n) is 6.73. The Morgan fingerprint density at radius 3 is 2.38 bits per heavy atom. The molecule has 0 unspecified atom stereocenters. The van der Waals surface area contributed by atoms with E-state index in [1.54, 1.807) is 16.7 Å². The van der Waals surface area contributed by atoms with Crippen LogP contribution in [0.2, 0.25) is 0 Å². The number of hydrogen-bond donors (Lipinski definition) is 0. The van der Waals surface area contributed by atoms with E-state index in [0.29, 0.717) is 55.9 Å². The first-order valence-electron chi connectivity index (χ1n) is 10.9. The lowest BCUT2D eigenvalue weighted by Gasteiger charge is -2.41. The van der Waals surface area contributed by atoms with E-state index in [2.05, 4.69) is 16.8 Å². The summed E-state index contributed by atoms with van der Waals surface area (Å²) >= 11 is 0. The summed E-state index contributed by atoms with van der Waals surface area (Å²) in [6, 6.07) is 1.08. The van der Waals surface area contributed by atoms with E-state index < -0.39 is 23.3 Å². The maximum Gasteiger partial charge on any atom is 0.417 e. The number of hydrogen-bond acceptors (Lipinski definition) is 6. The standard InChI is InChI=1S/C22H27F3N4O3/c1-3-27-6-4-21(5-7-27)18(15(2)20(31)32-21)19(30)29-10-8-28(9-11-29)17-12-16(13-26-14-17)22(23,24)25/h12-14H,3-11H2,1-2H3. The molecule has 1 aromatic heterocycles. The highest BCUT2D eigenvalue weighted by Crippen LogP contribution is 2.42. The molecule has 2 saturated heterocycles. The lowest BCUT2D eigenvalue weighted by Crippen LogP contribution is -2.53. The molecular weight excluding hydrogens is 425 g/mol. The molecule has 0 aliphatic carbocycles. The smallest absolute Gasteiger partial charge is 0.417 e. The van der Waals surface area contributed by atoms with Gasteiger partial charge in [-0.3, -0.25) is 9.78 Å². The number of likely N-dealkylation sites (tertiary alicyclic amines) is 1. The van der Waals surface area contributed by atoms with Gasteiger partial charge in [-0.15, -0.1) is 0 Å². The number of carbonyl (C=O) groups is 2. The Morgan fingerprint density at radius 1 is 1.12 bits per heavy atom. The molecule has 0 atom stereocenters. The average Bonchev–Trinajstić information content (AvgIpc) is 3.02. The van der Waals surface area contributed by atoms with Crippen LogP contribution in [0.15, 0.2) is 29.6 Å². The molecule has 10 heteroatoms. The zero-order valence-electron chi connectivity index (χ0n) is 18.2. The number of carbonyl (C=O) groups excluding carboxylic acids is 2. The van der Waals surface area contributed by atoms with Crippen LogP contribution in [-0.2, 0) is 20.5 Å². The highest BCUT2D eigenvalue weighted by Gasteiger charge is 2.51. The molecule has 7 nitrogen and oxygen atoms in total. The van der Waals surface area contributed by atoms with Crippen LogP contribution in [0.1, 0.15) is 32.3 Å². The molecule has 2 fully saturated rings. The van der Waals surface area contributed by atoms with Gasteiger partial charge in [-0.1, -0.05) is 6.92 Å². The van der Waals surface area contributed by atoms with Crippen molar-refractivity contribution in [2.24, 2.45) is 0 Å². The normalized spacial score (nSPS) is 22.0. The molecule has 174 valence electrons. The van der Waals surface area contributed by atoms with Crippen molar-refractivity contribution < 1.29 is 27.5 Å². The van der Waals surface area contributed by atoms with Crippen LogP contribution in [-0.4, -0.2) is 78.1 Å². The van der Waals surface area contributed by atoms with Gasteiger partial charge >= 0.3 is 12.1 Å². The Labute approximate surface area is 184 Å². The second-order valence-corrected chi connectivity index (χ2v) is 8.53. The summed E-state index contributed by atoms with van der Waals surface area (Å²) in [4.78, 5) is 35.3. The monoisotopic (exact) mass is 452 g/mol. The van der Waals surface area contributed by atoms with Gasteiger partial charge in [0.2, 0.25) is 0 Å². The Bertz CT molecular complexity index is 931. The van der Waals surface area contributed by atoms with Crippen molar-refractivity contribution in [3.8, 4) is 0 Å². The maximum atomic E-state index is 13.5. The predicted molar refractivity (Wildman–Crippen MR) is 111 cm³/mol. The van der Waals surface area contributed by atoms with Crippen LogP contribution >= 0.6 is 0 Å². The van der Waals surface area contributed by atoms with E-state index in [1.807, 2.05) is 0 Å². The topological polar surface area (TPSA) is 66.0 Å². The third-order valence-corrected chi connectivity index (χ3v) is 6.73. The first-order chi connectivity index (χ1) is 15.1. The molecule has 0 bridgehead atoms. The summed E-state index contributed by atoms with van der Waals surface area (Å²) in [5, 5.41) is 0. The number of halogens is 3. The van der Waals surface area contributed by atoms with E-state index in [1.165, 1.54) is 6.20 Å². The van der Waals surface area contributed by atoms with Gasteiger partial charge in [0.1, 0.15) is 5.60 Å². The Kier molecular flexibility index (Phi) is 5.91. The summed E-state index contributed by atoms with van der Waals surface area (Å²) in [7, 11) is 0. The minimum absolute atomic E-state index is 0.208. The first-order valence-corrected chi connectivity index (χ1v) is 10.9. The van der Waals surface area contributed by atoms with Gasteiger partial charge in [0.15, 0.2) is 0 Å². The first kappa shape index (κ1) is 22.6. The number of nitrogens with zero attached hydrogens (tertiary/aromatic N) is 4. The van der Waals surface area contributed by atoms with Crippen LogP contribution in [0.5, 0.6) is 0 Å². The summed E-state index contributed by atoms with van der Waals surface area (Å²) in [6.07, 6.45) is -1.08. The molecule has 3 aliphatic rings. The molecule has 0 aromatic carbocycles. The second kappa shape index (κ2) is 8.38. The minimum atomic E-state index is -4.46. The summed E-state index contributed by atoms with van der Waals surface area (Å²) in [5.41, 5.74) is -0.468. The van der Waals surface area contributed by atoms with Crippen molar-refractivity contribution in [3.63, 3.8) is 0 Å². The molecule has 1 amide bonds. The van der Waals surface area contributed by atoms with Crippen molar-refractivity contribution in [1.82, 2.24) is 14.8 Å². The third kappa shape index (κ3) is 4.07. The van der Waals surface area contributed by atoms with E-state index in [-0.39, 0.29) is 5.91 Å². The number of anilines is 1. The van der Waals surface area contributed by atoms with E-state index in [9.17, 15) is 22.8 Å². The fourth-order valence-corrected chi connectivity index (χ4v) is 4.77. The molecule has 4 heterocycles. The van der Waals surface area contributed by atoms with Crippen LogP contribution in [0, 0.1) is 0 Å². The van der Waals surface area contributed by atoms with Crippen LogP contribution in [0.4, 0.5) is 18.9 Å². The zero-order valence-corrected chi connectivity index (χ0v) is 18.2. The van der Waals surface area contributed by atoms with Gasteiger partial charge in [-0.05, 0) is 19.5 Å². The predicted octanol–water partition coefficient (Wildman–Crippen LogP) is 2.48. The highest BCUT2D eigenvalue weighted by molar-refractivity contribution is 6.07. The Morgan fingerprint density at radius 2 is 1.78 bits per heavy atom. The lowest BCUT2D eigenvalue weighted by molar-refractivity contribution is -0.151. The molecule has 32 heavy (non-hydrogen) atoms. The van der Waals surface area contributed by atoms with Crippen LogP contribution in [0.3, 0.4) is 0 Å². The number of piperazine rings is 1. The lowest BCUT2D eigenvalue weighted by atomic mass is 9.82. The highest BCUT2D eigenvalue weighted by atomic mass is 19.4. The van der Waals surface area contributed by atoms with Gasteiger partial charge in [-0.2, -0.15) is 13.2 Å². The van der Waals surface area contributed by atoms with E-state index in [0.717, 1.165) is 31.9 Å². The summed E-state index contributed by atoms with van der Waals surface area (Å²) in [6.45, 7) is 7.58. The van der Waals surface area contributed by atoms with Crippen molar-refractivity contribution in [2.75, 3.05) is 50.7 Å². The second-order valence-electron chi connectivity index (χ2n) is 8.53. The number of ether oxygens (including phenoxy) is 1. The molecule has 1 spiro atoms. The number of alkyl halides is 3. The van der Waals surface area contributed by atoms with E-state index in [4.69, 9.17) is 4.74 Å². The molecule has 0 saturated carbocycles. The Balaban J connectivity index is 1.47. The van der Waals surface area contributed by atoms with Crippen molar-refractivity contribution >= 4 is 17.6 Å². The van der Waals surface area contributed by atoms with Gasteiger partial charge < -0.3 is 19.4 Å². The Hall–Kier alpha value is -2.62. The molecule has 3 aliphatic heterocycles. The summed E-state index contributed by atoms with van der Waals surface area (Å²) in [5.74, 6) is -0.646. The molecule has 1 aromatic rings. The SMILES string of the molecule is CCN1CCC2(CC1)OC(=O)C(C)=C2C(=O)N1CCN(c2cncc(C(F)(F)F)c2)CC1. The number of aromatic nitrogens is 1. The number of esters is 1. The van der Waals surface area contributed by atoms with Crippen LogP contribution < -0.4 is 4.90 Å². The number of amides is 1. The largest absolute Gasteiger partial charge is 0.450 e. The van der Waals surface area contributed by atoms with Gasteiger partial charge in [0, 0.05) is 63.9 Å². The van der Waals surface area contributed by atoms with Gasteiger partial charge in [0.25, 0.3) is 5.91 Å². The van der Waals surface area contributed by atoms with Crippen molar-refractivity contribution in [1.29, 1.82) is 0 Å². The fourth-order valence-electron chi connectivity index (χ4n) is 4.77. The van der Waals surface area contributed by atoms with Crippen molar-refractivity contribution in [2.45, 2.75) is 38.5 Å². The maximum absolute atomic E-state index is 13.5. The minimum Gasteiger partial charge on any atom is -0.450 e. The van der Waals surface area contributed by atoms with Crippen LogP contribution in [0.25, 0.3) is 0 Å². The van der Waals surface area contributed by atoms with Gasteiger partial charge in [-0.25, -0.2) is 4.79 Å². The van der Waals surface area contributed by atoms with E-state index >= 15 is 0 Å². The molecule has 0 radical (unpaired) electrons.